The van der Waals surface area contributed by atoms with Crippen molar-refractivity contribution in [1.29, 1.82) is 0 Å². The van der Waals surface area contributed by atoms with E-state index in [-0.39, 0.29) is 17.4 Å². The number of hydrogen-bond donors (Lipinski definition) is 0. The molecule has 3 heteroatoms. The number of halogens is 1. The summed E-state index contributed by atoms with van der Waals surface area (Å²) in [6, 6.07) is 8.31. The monoisotopic (exact) mass is 279 g/mol. The molecule has 0 radical (unpaired) electrons. The molecule has 1 atom stereocenters. The third-order valence-electron chi connectivity index (χ3n) is 4.23. The van der Waals surface area contributed by atoms with Crippen molar-refractivity contribution in [2.75, 3.05) is 12.9 Å². The molecule has 1 aliphatic rings. The van der Waals surface area contributed by atoms with Crippen LogP contribution < -0.4 is 0 Å². The van der Waals surface area contributed by atoms with E-state index < -0.39 is 0 Å². The van der Waals surface area contributed by atoms with Gasteiger partial charge in [0.1, 0.15) is 0 Å². The van der Waals surface area contributed by atoms with E-state index in [0.29, 0.717) is 5.88 Å². The minimum absolute atomic E-state index is 0.00237. The van der Waals surface area contributed by atoms with Gasteiger partial charge in [-0.25, -0.2) is 0 Å². The molecular formula is C16H22ClNO. The molecule has 104 valence electrons. The highest BCUT2D eigenvalue weighted by Gasteiger charge is 2.34. The van der Waals surface area contributed by atoms with Crippen LogP contribution in [0.5, 0.6) is 0 Å². The van der Waals surface area contributed by atoms with Crippen LogP contribution in [0.4, 0.5) is 0 Å². The molecule has 1 aromatic rings. The van der Waals surface area contributed by atoms with E-state index in [4.69, 9.17) is 11.6 Å². The van der Waals surface area contributed by atoms with E-state index in [2.05, 4.69) is 18.2 Å². The number of aryl methyl sites for hydroxylation is 1. The highest BCUT2D eigenvalue weighted by molar-refractivity contribution is 6.18. The molecule has 0 fully saturated rings. The summed E-state index contributed by atoms with van der Waals surface area (Å²) in [5.41, 5.74) is 2.23. The van der Waals surface area contributed by atoms with Gasteiger partial charge in [0, 0.05) is 12.9 Å². The molecule has 0 bridgehead atoms. The first-order valence-corrected chi connectivity index (χ1v) is 7.42. The van der Waals surface area contributed by atoms with Gasteiger partial charge >= 0.3 is 0 Å². The molecule has 2 nitrogen and oxygen atoms in total. The average Bonchev–Trinajstić information content (AvgIpc) is 2.45. The lowest BCUT2D eigenvalue weighted by Gasteiger charge is -2.37. The molecule has 0 aromatic heterocycles. The number of hydrogen-bond acceptors (Lipinski definition) is 1. The number of benzene rings is 1. The van der Waals surface area contributed by atoms with Gasteiger partial charge < -0.3 is 4.90 Å². The minimum atomic E-state index is -0.301. The lowest BCUT2D eigenvalue weighted by molar-refractivity contribution is -0.136. The fraction of sp³-hybridized carbons (Fsp3) is 0.562. The number of alkyl halides is 1. The Labute approximate surface area is 120 Å². The van der Waals surface area contributed by atoms with Crippen LogP contribution in [-0.2, 0) is 11.2 Å². The summed E-state index contributed by atoms with van der Waals surface area (Å²) in [6.07, 6.45) is 3.11. The largest absolute Gasteiger partial charge is 0.339 e. The summed E-state index contributed by atoms with van der Waals surface area (Å²) in [4.78, 5) is 14.5. The number of rotatable bonds is 3. The summed E-state index contributed by atoms with van der Waals surface area (Å²) in [5, 5.41) is 0. The van der Waals surface area contributed by atoms with Crippen molar-refractivity contribution in [2.24, 2.45) is 0 Å². The van der Waals surface area contributed by atoms with Gasteiger partial charge in [0.15, 0.2) is 0 Å². The van der Waals surface area contributed by atoms with Crippen molar-refractivity contribution in [3.63, 3.8) is 0 Å². The molecule has 0 aliphatic heterocycles. The molecular weight excluding hydrogens is 258 g/mol. The van der Waals surface area contributed by atoms with Gasteiger partial charge in [0.25, 0.3) is 0 Å². The van der Waals surface area contributed by atoms with Gasteiger partial charge in [0.05, 0.1) is 11.5 Å². The molecule has 1 aromatic carbocycles. The fourth-order valence-electron chi connectivity index (χ4n) is 2.63. The first kappa shape index (κ1) is 14.4. The normalized spacial score (nSPS) is 18.8. The van der Waals surface area contributed by atoms with E-state index in [1.807, 2.05) is 31.9 Å². The number of amides is 1. The van der Waals surface area contributed by atoms with E-state index in [9.17, 15) is 4.79 Å². The van der Waals surface area contributed by atoms with Gasteiger partial charge in [-0.15, -0.1) is 11.6 Å². The number of carbonyl (C=O) groups is 1. The van der Waals surface area contributed by atoms with Crippen molar-refractivity contribution in [3.8, 4) is 0 Å². The Kier molecular flexibility index (Phi) is 4.19. The highest BCUT2D eigenvalue weighted by atomic mass is 35.5. The van der Waals surface area contributed by atoms with E-state index >= 15 is 0 Å². The molecule has 0 saturated heterocycles. The van der Waals surface area contributed by atoms with Crippen molar-refractivity contribution in [1.82, 2.24) is 4.90 Å². The zero-order chi connectivity index (χ0) is 14.0. The van der Waals surface area contributed by atoms with Crippen molar-refractivity contribution in [3.05, 3.63) is 35.4 Å². The second kappa shape index (κ2) is 5.54. The van der Waals surface area contributed by atoms with E-state index in [0.717, 1.165) is 19.3 Å². The van der Waals surface area contributed by atoms with Crippen LogP contribution in [0.3, 0.4) is 0 Å². The van der Waals surface area contributed by atoms with Crippen molar-refractivity contribution < 1.29 is 4.79 Å². The second-order valence-electron chi connectivity index (χ2n) is 5.99. The standard InChI is InChI=1S/C16H22ClNO/c1-16(2,11-17)18(3)15(19)14-10-6-8-12-7-4-5-9-13(12)14/h4-5,7,9,14H,6,8,10-11H2,1-3H3. The molecule has 2 rings (SSSR count). The molecule has 1 amide bonds. The lowest BCUT2D eigenvalue weighted by atomic mass is 9.81. The minimum Gasteiger partial charge on any atom is -0.339 e. The van der Waals surface area contributed by atoms with Crippen LogP contribution in [0.15, 0.2) is 24.3 Å². The summed E-state index contributed by atoms with van der Waals surface area (Å²) < 4.78 is 0. The Morgan fingerprint density at radius 2 is 2.11 bits per heavy atom. The van der Waals surface area contributed by atoms with Crippen LogP contribution in [0.1, 0.15) is 43.7 Å². The quantitative estimate of drug-likeness (QED) is 0.775. The molecule has 19 heavy (non-hydrogen) atoms. The Morgan fingerprint density at radius 3 is 2.79 bits per heavy atom. The van der Waals surface area contributed by atoms with Gasteiger partial charge in [0.2, 0.25) is 5.91 Å². The first-order valence-electron chi connectivity index (χ1n) is 6.89. The number of nitrogens with zero attached hydrogens (tertiary/aromatic N) is 1. The number of fused-ring (bicyclic) bond motifs is 1. The fourth-order valence-corrected chi connectivity index (χ4v) is 2.81. The third-order valence-corrected chi connectivity index (χ3v) is 4.89. The average molecular weight is 280 g/mol. The number of carbonyl (C=O) groups excluding carboxylic acids is 1. The van der Waals surface area contributed by atoms with Crippen molar-refractivity contribution >= 4 is 17.5 Å². The number of likely N-dealkylation sites (N-methyl/N-ethyl adjacent to an activating group) is 1. The van der Waals surface area contributed by atoms with Gasteiger partial charge in [-0.2, -0.15) is 0 Å². The molecule has 1 unspecified atom stereocenters. The maximum Gasteiger partial charge on any atom is 0.230 e. The van der Waals surface area contributed by atoms with Crippen LogP contribution in [0.2, 0.25) is 0 Å². The molecule has 0 N–H and O–H groups in total. The Balaban J connectivity index is 2.26. The topological polar surface area (TPSA) is 20.3 Å². The van der Waals surface area contributed by atoms with Crippen LogP contribution in [-0.4, -0.2) is 29.3 Å². The molecule has 0 spiro atoms. The van der Waals surface area contributed by atoms with Crippen LogP contribution in [0.25, 0.3) is 0 Å². The molecule has 1 aliphatic carbocycles. The lowest BCUT2D eigenvalue weighted by Crippen LogP contribution is -2.48. The predicted octanol–water partition coefficient (Wildman–Crippen LogP) is 3.58. The van der Waals surface area contributed by atoms with Crippen LogP contribution in [0, 0.1) is 0 Å². The molecule has 0 saturated carbocycles. The first-order chi connectivity index (χ1) is 8.97. The van der Waals surface area contributed by atoms with Crippen molar-refractivity contribution in [2.45, 2.75) is 44.6 Å². The highest BCUT2D eigenvalue weighted by Crippen LogP contribution is 2.34. The zero-order valence-electron chi connectivity index (χ0n) is 11.9. The SMILES string of the molecule is CN(C(=O)C1CCCc2ccccc21)C(C)(C)CCl. The van der Waals surface area contributed by atoms with E-state index in [1.165, 1.54) is 11.1 Å². The maximum atomic E-state index is 12.7. The van der Waals surface area contributed by atoms with Gasteiger partial charge in [-0.1, -0.05) is 24.3 Å². The summed E-state index contributed by atoms with van der Waals surface area (Å²) >= 11 is 5.98. The van der Waals surface area contributed by atoms with Gasteiger partial charge in [-0.3, -0.25) is 4.79 Å². The maximum absolute atomic E-state index is 12.7. The van der Waals surface area contributed by atoms with E-state index in [1.54, 1.807) is 0 Å². The zero-order valence-corrected chi connectivity index (χ0v) is 12.7. The van der Waals surface area contributed by atoms with Crippen LogP contribution >= 0.6 is 11.6 Å². The third kappa shape index (κ3) is 2.79. The Bertz CT molecular complexity index is 470. The Hall–Kier alpha value is -1.02. The van der Waals surface area contributed by atoms with Gasteiger partial charge in [-0.05, 0) is 44.2 Å². The molecule has 0 heterocycles. The summed E-state index contributed by atoms with van der Waals surface area (Å²) in [7, 11) is 1.86. The summed E-state index contributed by atoms with van der Waals surface area (Å²) in [5.74, 6) is 0.638. The predicted molar refractivity (Wildman–Crippen MR) is 79.7 cm³/mol. The summed E-state index contributed by atoms with van der Waals surface area (Å²) in [6.45, 7) is 4.01. The second-order valence-corrected chi connectivity index (χ2v) is 6.25. The Morgan fingerprint density at radius 1 is 1.42 bits per heavy atom. The smallest absolute Gasteiger partial charge is 0.230 e.